The first kappa shape index (κ1) is 25.3. The van der Waals surface area contributed by atoms with Crippen LogP contribution >= 0.6 is 27.5 Å². The number of pyridine rings is 1. The highest BCUT2D eigenvalue weighted by Crippen LogP contribution is 2.28. The minimum Gasteiger partial charge on any atom is -0.452 e. The fourth-order valence-corrected chi connectivity index (χ4v) is 4.01. The normalized spacial score (nSPS) is 10.6. The molecule has 0 aliphatic heterocycles. The summed E-state index contributed by atoms with van der Waals surface area (Å²) in [4.78, 5) is 42.8. The highest BCUT2D eigenvalue weighted by molar-refractivity contribution is 9.10. The van der Waals surface area contributed by atoms with E-state index in [4.69, 9.17) is 11.6 Å². The summed E-state index contributed by atoms with van der Waals surface area (Å²) in [7, 11) is 4.07. The van der Waals surface area contributed by atoms with Crippen molar-refractivity contribution in [3.05, 3.63) is 74.6 Å². The highest BCUT2D eigenvalue weighted by atomic mass is 79.9. The average molecular weight is 549 g/mol. The Kier molecular flexibility index (Phi) is 7.63. The van der Waals surface area contributed by atoms with Crippen LogP contribution < -0.4 is 5.32 Å². The van der Waals surface area contributed by atoms with Crippen molar-refractivity contribution in [2.75, 3.05) is 26.5 Å². The van der Waals surface area contributed by atoms with Crippen LogP contribution in [0.15, 0.2) is 47.2 Å². The van der Waals surface area contributed by atoms with Crippen molar-refractivity contribution in [3.8, 4) is 5.82 Å². The summed E-state index contributed by atoms with van der Waals surface area (Å²) in [6.07, 6.45) is 2.54. The SMILES string of the molecule is COC(=O)N(C)N(C)C(=O)c1cc(C)cc(C)c1NC(=O)c1cc(Br)cn1-c1ncccc1Cl. The van der Waals surface area contributed by atoms with Crippen LogP contribution in [0.3, 0.4) is 0 Å². The van der Waals surface area contributed by atoms with Gasteiger partial charge in [-0.1, -0.05) is 17.7 Å². The molecule has 1 N–H and O–H groups in total. The van der Waals surface area contributed by atoms with Gasteiger partial charge in [-0.25, -0.2) is 19.8 Å². The molecule has 3 aromatic rings. The third kappa shape index (κ3) is 5.07. The molecule has 2 heterocycles. The molecular weight excluding hydrogens is 526 g/mol. The van der Waals surface area contributed by atoms with Crippen LogP contribution in [0.2, 0.25) is 5.02 Å². The number of carbonyl (C=O) groups is 3. The van der Waals surface area contributed by atoms with Gasteiger partial charge < -0.3 is 10.1 Å². The monoisotopic (exact) mass is 547 g/mol. The van der Waals surface area contributed by atoms with Gasteiger partial charge in [0.05, 0.1) is 23.4 Å². The van der Waals surface area contributed by atoms with Gasteiger partial charge in [0.15, 0.2) is 5.82 Å². The number of anilines is 1. The third-order valence-electron chi connectivity index (χ3n) is 5.12. The van der Waals surface area contributed by atoms with Crippen molar-refractivity contribution < 1.29 is 19.1 Å². The van der Waals surface area contributed by atoms with E-state index in [-0.39, 0.29) is 11.3 Å². The molecule has 3 amide bonds. The molecule has 0 spiro atoms. The Balaban J connectivity index is 2.02. The minimum absolute atomic E-state index is 0.220. The molecule has 178 valence electrons. The number of amides is 3. The number of methoxy groups -OCH3 is 1. The molecule has 0 aliphatic carbocycles. The maximum Gasteiger partial charge on any atom is 0.428 e. The molecule has 0 fully saturated rings. The second-order valence-electron chi connectivity index (χ2n) is 7.50. The fraction of sp³-hybridized carbons (Fsp3) is 0.217. The standard InChI is InChI=1S/C23H23BrClN5O4/c1-13-9-14(2)19(16(10-13)22(32)28(3)29(4)23(33)34-5)27-21(31)18-11-15(24)12-30(18)20-17(25)7-6-8-26-20/h6-12H,1-5H3,(H,27,31). The van der Waals surface area contributed by atoms with Gasteiger partial charge in [0.2, 0.25) is 0 Å². The summed E-state index contributed by atoms with van der Waals surface area (Å²) in [6, 6.07) is 8.49. The number of nitrogens with zero attached hydrogens (tertiary/aromatic N) is 4. The Bertz CT molecular complexity index is 1280. The second-order valence-corrected chi connectivity index (χ2v) is 8.83. The van der Waals surface area contributed by atoms with Crippen molar-refractivity contribution >= 4 is 51.1 Å². The number of aryl methyl sites for hydroxylation is 2. The molecule has 0 bridgehead atoms. The molecule has 0 atom stereocenters. The molecule has 11 heteroatoms. The molecule has 0 radical (unpaired) electrons. The van der Waals surface area contributed by atoms with E-state index in [9.17, 15) is 14.4 Å². The summed E-state index contributed by atoms with van der Waals surface area (Å²) in [6.45, 7) is 3.62. The fourth-order valence-electron chi connectivity index (χ4n) is 3.38. The maximum absolute atomic E-state index is 13.4. The zero-order valence-electron chi connectivity index (χ0n) is 19.2. The van der Waals surface area contributed by atoms with Crippen LogP contribution in [0.25, 0.3) is 5.82 Å². The van der Waals surface area contributed by atoms with Gasteiger partial charge in [-0.05, 0) is 65.2 Å². The number of nitrogens with one attached hydrogen (secondary N) is 1. The number of hydrogen-bond donors (Lipinski definition) is 1. The lowest BCUT2D eigenvalue weighted by Crippen LogP contribution is -2.45. The second kappa shape index (κ2) is 10.3. The number of benzene rings is 1. The molecular formula is C23H23BrClN5O4. The van der Waals surface area contributed by atoms with Gasteiger partial charge in [-0.3, -0.25) is 14.2 Å². The number of rotatable bonds is 4. The lowest BCUT2D eigenvalue weighted by atomic mass is 10.0. The van der Waals surface area contributed by atoms with Crippen molar-refractivity contribution in [2.24, 2.45) is 0 Å². The predicted molar refractivity (Wildman–Crippen MR) is 132 cm³/mol. The smallest absolute Gasteiger partial charge is 0.428 e. The molecule has 1 aromatic carbocycles. The van der Waals surface area contributed by atoms with E-state index in [1.807, 2.05) is 13.0 Å². The first-order valence-corrected chi connectivity index (χ1v) is 11.2. The topological polar surface area (TPSA) is 96.8 Å². The van der Waals surface area contributed by atoms with E-state index in [0.717, 1.165) is 15.6 Å². The van der Waals surface area contributed by atoms with E-state index in [1.165, 1.54) is 21.2 Å². The van der Waals surface area contributed by atoms with Crippen LogP contribution in [0.5, 0.6) is 0 Å². The molecule has 0 unspecified atom stereocenters. The Morgan fingerprint density at radius 2 is 1.85 bits per heavy atom. The number of hydrazine groups is 1. The summed E-state index contributed by atoms with van der Waals surface area (Å²) < 4.78 is 6.89. The molecule has 0 saturated heterocycles. The van der Waals surface area contributed by atoms with Gasteiger partial charge in [0.25, 0.3) is 11.8 Å². The lowest BCUT2D eigenvalue weighted by Gasteiger charge is -2.28. The zero-order valence-corrected chi connectivity index (χ0v) is 21.6. The third-order valence-corrected chi connectivity index (χ3v) is 5.85. The Morgan fingerprint density at radius 1 is 1.15 bits per heavy atom. The molecule has 0 saturated carbocycles. The first-order valence-electron chi connectivity index (χ1n) is 10.1. The first-order chi connectivity index (χ1) is 16.0. The number of hydrogen-bond acceptors (Lipinski definition) is 5. The summed E-state index contributed by atoms with van der Waals surface area (Å²) in [5, 5.41) is 5.37. The Hall–Kier alpha value is -3.37. The molecule has 34 heavy (non-hydrogen) atoms. The van der Waals surface area contributed by atoms with Crippen LogP contribution in [0, 0.1) is 13.8 Å². The summed E-state index contributed by atoms with van der Waals surface area (Å²) in [5.74, 6) is -0.590. The van der Waals surface area contributed by atoms with E-state index in [0.29, 0.717) is 26.6 Å². The number of ether oxygens (including phenoxy) is 1. The molecule has 2 aromatic heterocycles. The van der Waals surface area contributed by atoms with Gasteiger partial charge in [0.1, 0.15) is 5.69 Å². The number of carbonyl (C=O) groups excluding carboxylic acids is 3. The van der Waals surface area contributed by atoms with Crippen molar-refractivity contribution in [3.63, 3.8) is 0 Å². The maximum atomic E-state index is 13.4. The van der Waals surface area contributed by atoms with Crippen molar-refractivity contribution in [1.82, 2.24) is 19.6 Å². The zero-order chi connectivity index (χ0) is 25.2. The average Bonchev–Trinajstić information content (AvgIpc) is 3.20. The lowest BCUT2D eigenvalue weighted by molar-refractivity contribution is 0.0193. The van der Waals surface area contributed by atoms with Gasteiger partial charge >= 0.3 is 6.09 Å². The van der Waals surface area contributed by atoms with E-state index in [1.54, 1.807) is 48.1 Å². The van der Waals surface area contributed by atoms with Crippen LogP contribution in [-0.4, -0.2) is 58.7 Å². The molecule has 9 nitrogen and oxygen atoms in total. The predicted octanol–water partition coefficient (Wildman–Crippen LogP) is 4.84. The minimum atomic E-state index is -0.708. The summed E-state index contributed by atoms with van der Waals surface area (Å²) in [5.41, 5.74) is 2.29. The number of aromatic nitrogens is 2. The van der Waals surface area contributed by atoms with Gasteiger partial charge in [-0.2, -0.15) is 0 Å². The van der Waals surface area contributed by atoms with Crippen molar-refractivity contribution in [1.29, 1.82) is 0 Å². The van der Waals surface area contributed by atoms with Gasteiger partial charge in [0, 0.05) is 31.0 Å². The Morgan fingerprint density at radius 3 is 2.50 bits per heavy atom. The highest BCUT2D eigenvalue weighted by Gasteiger charge is 2.26. The van der Waals surface area contributed by atoms with E-state index < -0.39 is 17.9 Å². The van der Waals surface area contributed by atoms with Crippen LogP contribution in [0.4, 0.5) is 10.5 Å². The largest absolute Gasteiger partial charge is 0.452 e. The van der Waals surface area contributed by atoms with E-state index >= 15 is 0 Å². The van der Waals surface area contributed by atoms with Crippen LogP contribution in [0.1, 0.15) is 32.0 Å². The molecule has 3 rings (SSSR count). The van der Waals surface area contributed by atoms with Gasteiger partial charge in [-0.15, -0.1) is 0 Å². The molecule has 0 aliphatic rings. The summed E-state index contributed by atoms with van der Waals surface area (Å²) >= 11 is 9.69. The Labute approximate surface area is 210 Å². The van der Waals surface area contributed by atoms with E-state index in [2.05, 4.69) is 31.0 Å². The number of halogens is 2. The van der Waals surface area contributed by atoms with Crippen molar-refractivity contribution in [2.45, 2.75) is 13.8 Å². The van der Waals surface area contributed by atoms with Crippen LogP contribution in [-0.2, 0) is 4.74 Å². The quantitative estimate of drug-likeness (QED) is 0.471.